The minimum absolute atomic E-state index is 0.131. The van der Waals surface area contributed by atoms with Gasteiger partial charge in [0.25, 0.3) is 0 Å². The first-order valence-corrected chi connectivity index (χ1v) is 13.2. The Labute approximate surface area is 227 Å². The molecule has 3 aromatic rings. The average molecular weight is 539 g/mol. The van der Waals surface area contributed by atoms with Crippen molar-refractivity contribution in [3.05, 3.63) is 89.0 Å². The van der Waals surface area contributed by atoms with Gasteiger partial charge in [0.15, 0.2) is 17.6 Å². The fraction of sp³-hybridized carbons (Fsp3) is 0.367. The largest absolute Gasteiger partial charge is 0.508 e. The molecule has 0 amide bonds. The topological polar surface area (TPSA) is 45.2 Å². The van der Waals surface area contributed by atoms with Crippen LogP contribution in [0.5, 0.6) is 17.2 Å². The molecule has 38 heavy (non-hydrogen) atoms. The number of nitrogens with zero attached hydrogens (tertiary/aromatic N) is 2. The molecule has 2 heterocycles. The number of halogens is 2. The highest BCUT2D eigenvalue weighted by atomic mass is 32.1. The molecule has 1 N–H and O–H groups in total. The predicted octanol–water partition coefficient (Wildman–Crippen LogP) is 5.84. The molecule has 3 aromatic carbocycles. The molecular weight excluding hydrogens is 506 g/mol. The number of piperazine rings is 1. The van der Waals surface area contributed by atoms with E-state index in [2.05, 4.69) is 9.80 Å². The highest BCUT2D eigenvalue weighted by molar-refractivity contribution is 7.80. The van der Waals surface area contributed by atoms with Gasteiger partial charge in [-0.1, -0.05) is 57.3 Å². The van der Waals surface area contributed by atoms with E-state index >= 15 is 0 Å². The Hall–Kier alpha value is -3.23. The Morgan fingerprint density at radius 1 is 0.895 bits per heavy atom. The van der Waals surface area contributed by atoms with Crippen LogP contribution in [0, 0.1) is 11.6 Å². The number of rotatable bonds is 4. The van der Waals surface area contributed by atoms with E-state index in [0.29, 0.717) is 49.3 Å². The minimum Gasteiger partial charge on any atom is -0.508 e. The van der Waals surface area contributed by atoms with E-state index in [1.54, 1.807) is 30.3 Å². The van der Waals surface area contributed by atoms with Gasteiger partial charge in [-0.2, -0.15) is 0 Å². The maximum atomic E-state index is 13.6. The van der Waals surface area contributed by atoms with Crippen molar-refractivity contribution in [3.8, 4) is 17.2 Å². The van der Waals surface area contributed by atoms with E-state index in [4.69, 9.17) is 21.7 Å². The fourth-order valence-corrected chi connectivity index (χ4v) is 5.44. The Morgan fingerprint density at radius 3 is 1.97 bits per heavy atom. The summed E-state index contributed by atoms with van der Waals surface area (Å²) >= 11 is 5.82. The summed E-state index contributed by atoms with van der Waals surface area (Å²) in [6, 6.07) is 16.3. The number of thiocarbonyl (C=S) groups is 1. The molecule has 5 rings (SSSR count). The van der Waals surface area contributed by atoms with E-state index in [0.717, 1.165) is 16.7 Å². The summed E-state index contributed by atoms with van der Waals surface area (Å²) < 4.78 is 39.5. The molecule has 2 aliphatic heterocycles. The number of phenols is 1. The Morgan fingerprint density at radius 2 is 1.45 bits per heavy atom. The van der Waals surface area contributed by atoms with Gasteiger partial charge in [-0.15, -0.1) is 0 Å². The van der Waals surface area contributed by atoms with E-state index in [1.807, 2.05) is 26.8 Å². The van der Waals surface area contributed by atoms with Crippen LogP contribution in [0.1, 0.15) is 43.5 Å². The van der Waals surface area contributed by atoms with Gasteiger partial charge in [-0.05, 0) is 46.9 Å². The number of ether oxygens (including phenoxy) is 2. The quantitative estimate of drug-likeness (QED) is 0.421. The van der Waals surface area contributed by atoms with Crippen molar-refractivity contribution in [1.29, 1.82) is 0 Å². The summed E-state index contributed by atoms with van der Waals surface area (Å²) in [6.45, 7) is 9.18. The fourth-order valence-electron chi connectivity index (χ4n) is 5.14. The molecule has 0 bridgehead atoms. The van der Waals surface area contributed by atoms with Crippen LogP contribution in [0.15, 0.2) is 60.7 Å². The second-order valence-corrected chi connectivity index (χ2v) is 11.3. The van der Waals surface area contributed by atoms with E-state index < -0.39 is 6.10 Å². The van der Waals surface area contributed by atoms with Crippen LogP contribution in [-0.4, -0.2) is 58.8 Å². The molecule has 1 atom stereocenters. The lowest BCUT2D eigenvalue weighted by molar-refractivity contribution is 0.111. The summed E-state index contributed by atoms with van der Waals surface area (Å²) in [4.78, 5) is 5.09. The first-order chi connectivity index (χ1) is 18.1. The molecule has 2 aliphatic rings. The smallest absolute Gasteiger partial charge is 0.182 e. The third-order valence-corrected chi connectivity index (χ3v) is 7.69. The lowest BCUT2D eigenvalue weighted by Gasteiger charge is -2.42. The third kappa shape index (κ3) is 5.47. The molecular formula is C30H32F2N2O3S. The molecule has 0 aliphatic carbocycles. The van der Waals surface area contributed by atoms with Crippen molar-refractivity contribution < 1.29 is 23.4 Å². The summed E-state index contributed by atoms with van der Waals surface area (Å²) in [7, 11) is 0. The summed E-state index contributed by atoms with van der Waals surface area (Å²) in [5.74, 6) is 0.688. The molecule has 5 nitrogen and oxygen atoms in total. The molecule has 1 fully saturated rings. The second kappa shape index (κ2) is 10.5. The van der Waals surface area contributed by atoms with Crippen LogP contribution in [-0.2, 0) is 5.41 Å². The number of hydrogen-bond donors (Lipinski definition) is 1. The van der Waals surface area contributed by atoms with E-state index in [-0.39, 0.29) is 28.8 Å². The highest BCUT2D eigenvalue weighted by Crippen LogP contribution is 2.42. The van der Waals surface area contributed by atoms with Gasteiger partial charge >= 0.3 is 0 Å². The van der Waals surface area contributed by atoms with Crippen LogP contribution in [0.25, 0.3) is 0 Å². The summed E-state index contributed by atoms with van der Waals surface area (Å²) in [5, 5.41) is 10.5. The average Bonchev–Trinajstić information content (AvgIpc) is 2.89. The van der Waals surface area contributed by atoms with Crippen molar-refractivity contribution in [3.63, 3.8) is 0 Å². The van der Waals surface area contributed by atoms with E-state index in [1.165, 1.54) is 24.3 Å². The summed E-state index contributed by atoms with van der Waals surface area (Å²) in [6.07, 6.45) is -0.436. The van der Waals surface area contributed by atoms with Crippen LogP contribution in [0.4, 0.5) is 8.78 Å². The van der Waals surface area contributed by atoms with Crippen LogP contribution in [0.3, 0.4) is 0 Å². The van der Waals surface area contributed by atoms with Gasteiger partial charge in [-0.3, -0.25) is 4.90 Å². The zero-order valence-corrected chi connectivity index (χ0v) is 22.6. The molecule has 200 valence electrons. The SMILES string of the molecule is CC(C)(C)c1cc2c(cc1O)OC(C(=S)N1CCN(C(c3ccc(F)cc3)c3ccc(F)cc3)CC1)CO2. The first kappa shape index (κ1) is 26.4. The number of fused-ring (bicyclic) bond motifs is 1. The lowest BCUT2D eigenvalue weighted by Crippen LogP contribution is -2.54. The van der Waals surface area contributed by atoms with Gasteiger partial charge in [0.1, 0.15) is 29.0 Å². The number of phenolic OH excluding ortho intramolecular Hbond substituents is 1. The third-order valence-electron chi connectivity index (χ3n) is 7.17. The van der Waals surface area contributed by atoms with E-state index in [9.17, 15) is 13.9 Å². The standard InChI is InChI=1S/C30H32F2N2O3S/c1-30(2,3)23-16-25-26(17-24(23)35)37-27(18-36-25)29(38)34-14-12-33(13-15-34)28(19-4-8-21(31)9-5-19)20-6-10-22(32)11-7-20/h4-11,16-17,27-28,35H,12-15,18H2,1-3H3. The van der Waals surface area contributed by atoms with Crippen molar-refractivity contribution in [2.75, 3.05) is 32.8 Å². The first-order valence-electron chi connectivity index (χ1n) is 12.8. The molecule has 0 spiro atoms. The normalized spacial score (nSPS) is 18.1. The van der Waals surface area contributed by atoms with Gasteiger partial charge in [0, 0.05) is 37.8 Å². The Balaban J connectivity index is 1.28. The number of aromatic hydroxyl groups is 1. The predicted molar refractivity (Wildman–Crippen MR) is 147 cm³/mol. The molecule has 0 aromatic heterocycles. The molecule has 1 unspecified atom stereocenters. The van der Waals surface area contributed by atoms with Crippen LogP contribution >= 0.6 is 12.2 Å². The van der Waals surface area contributed by atoms with Gasteiger partial charge in [-0.25, -0.2) is 8.78 Å². The monoisotopic (exact) mass is 538 g/mol. The number of benzene rings is 3. The summed E-state index contributed by atoms with van der Waals surface area (Å²) in [5.41, 5.74) is 2.47. The zero-order chi connectivity index (χ0) is 27.0. The van der Waals surface area contributed by atoms with Crippen molar-refractivity contribution >= 4 is 17.2 Å². The highest BCUT2D eigenvalue weighted by Gasteiger charge is 2.33. The minimum atomic E-state index is -0.436. The Kier molecular flexibility index (Phi) is 7.29. The molecule has 1 saturated heterocycles. The van der Waals surface area contributed by atoms with Crippen LogP contribution in [0.2, 0.25) is 0 Å². The maximum Gasteiger partial charge on any atom is 0.182 e. The van der Waals surface area contributed by atoms with Crippen molar-refractivity contribution in [2.45, 2.75) is 38.3 Å². The molecule has 0 radical (unpaired) electrons. The van der Waals surface area contributed by atoms with Gasteiger partial charge in [0.05, 0.1) is 6.04 Å². The number of hydrogen-bond acceptors (Lipinski definition) is 5. The second-order valence-electron chi connectivity index (χ2n) is 10.9. The van der Waals surface area contributed by atoms with Gasteiger partial charge < -0.3 is 19.5 Å². The van der Waals surface area contributed by atoms with Crippen LogP contribution < -0.4 is 9.47 Å². The van der Waals surface area contributed by atoms with Crippen molar-refractivity contribution in [1.82, 2.24) is 9.80 Å². The zero-order valence-electron chi connectivity index (χ0n) is 21.8. The molecule has 0 saturated carbocycles. The lowest BCUT2D eigenvalue weighted by atomic mass is 9.86. The molecule has 8 heteroatoms. The van der Waals surface area contributed by atoms with Crippen molar-refractivity contribution in [2.24, 2.45) is 0 Å². The van der Waals surface area contributed by atoms with Gasteiger partial charge in [0.2, 0.25) is 0 Å². The Bertz CT molecular complexity index is 1260. The maximum absolute atomic E-state index is 13.6.